The van der Waals surface area contributed by atoms with Gasteiger partial charge in [0.25, 0.3) is 5.56 Å². The summed E-state index contributed by atoms with van der Waals surface area (Å²) in [5, 5.41) is 0. The largest absolute Gasteiger partial charge is 0.494 e. The molecule has 1 aromatic carbocycles. The number of hydrogen-bond acceptors (Lipinski definition) is 4. The van der Waals surface area contributed by atoms with Crippen LogP contribution in [0.15, 0.2) is 46.2 Å². The van der Waals surface area contributed by atoms with E-state index in [-0.39, 0.29) is 11.2 Å². The van der Waals surface area contributed by atoms with Gasteiger partial charge in [-0.1, -0.05) is 18.2 Å². The van der Waals surface area contributed by atoms with Crippen LogP contribution in [0.25, 0.3) is 11.2 Å². The molecule has 0 aliphatic rings. The van der Waals surface area contributed by atoms with Crippen molar-refractivity contribution in [2.45, 2.75) is 19.4 Å². The van der Waals surface area contributed by atoms with Gasteiger partial charge >= 0.3 is 5.69 Å². The van der Waals surface area contributed by atoms with Gasteiger partial charge in [-0.2, -0.15) is 0 Å². The average Bonchev–Trinajstić information content (AvgIpc) is 2.98. The zero-order valence-electron chi connectivity index (χ0n) is 13.8. The Morgan fingerprint density at radius 3 is 2.58 bits per heavy atom. The Morgan fingerprint density at radius 1 is 1.08 bits per heavy atom. The maximum Gasteiger partial charge on any atom is 0.332 e. The van der Waals surface area contributed by atoms with Crippen LogP contribution in [-0.4, -0.2) is 25.3 Å². The standard InChI is InChI=1S/C17H20N4O3/c1-19-12-18-15-14(19)16(22)21(17(23)20(15)2)10-6-7-11-24-13-8-4-3-5-9-13/h3-5,8-9,12H,6-7,10-11H2,1-2H3. The molecule has 2 aromatic heterocycles. The molecule has 0 N–H and O–H groups in total. The van der Waals surface area contributed by atoms with Crippen LogP contribution in [-0.2, 0) is 20.6 Å². The lowest BCUT2D eigenvalue weighted by atomic mass is 10.3. The fourth-order valence-corrected chi connectivity index (χ4v) is 2.67. The quantitative estimate of drug-likeness (QED) is 0.639. The Balaban J connectivity index is 1.68. The number of fused-ring (bicyclic) bond motifs is 1. The van der Waals surface area contributed by atoms with Crippen molar-refractivity contribution in [1.29, 1.82) is 0 Å². The van der Waals surface area contributed by atoms with E-state index in [9.17, 15) is 9.59 Å². The molecule has 0 fully saturated rings. The molecule has 7 heteroatoms. The van der Waals surface area contributed by atoms with Crippen LogP contribution in [0, 0.1) is 0 Å². The number of aryl methyl sites for hydroxylation is 2. The third kappa shape index (κ3) is 2.97. The van der Waals surface area contributed by atoms with Gasteiger partial charge in [0.1, 0.15) is 5.75 Å². The lowest BCUT2D eigenvalue weighted by molar-refractivity contribution is 0.302. The number of nitrogens with zero attached hydrogens (tertiary/aromatic N) is 4. The molecule has 0 atom stereocenters. The first kappa shape index (κ1) is 16.0. The molecule has 7 nitrogen and oxygen atoms in total. The molecule has 0 unspecified atom stereocenters. The van der Waals surface area contributed by atoms with Crippen molar-refractivity contribution < 1.29 is 4.74 Å². The summed E-state index contributed by atoms with van der Waals surface area (Å²) in [6.45, 7) is 0.914. The Kier molecular flexibility index (Phi) is 4.50. The molecule has 0 radical (unpaired) electrons. The number of ether oxygens (including phenoxy) is 1. The van der Waals surface area contributed by atoms with Crippen LogP contribution in [0.5, 0.6) is 5.75 Å². The van der Waals surface area contributed by atoms with Gasteiger partial charge in [-0.15, -0.1) is 0 Å². The van der Waals surface area contributed by atoms with Gasteiger partial charge in [-0.3, -0.25) is 13.9 Å². The van der Waals surface area contributed by atoms with E-state index in [4.69, 9.17) is 4.74 Å². The SMILES string of the molecule is Cn1cnc2c1c(=O)n(CCCCOc1ccccc1)c(=O)n2C. The molecule has 0 saturated heterocycles. The second-order valence-electron chi connectivity index (χ2n) is 5.69. The monoisotopic (exact) mass is 328 g/mol. The summed E-state index contributed by atoms with van der Waals surface area (Å²) in [6, 6.07) is 9.57. The minimum Gasteiger partial charge on any atom is -0.494 e. The molecule has 0 aliphatic carbocycles. The van der Waals surface area contributed by atoms with Gasteiger partial charge in [-0.05, 0) is 25.0 Å². The fraction of sp³-hybridized carbons (Fsp3) is 0.353. The van der Waals surface area contributed by atoms with Crippen molar-refractivity contribution in [3.8, 4) is 5.75 Å². The summed E-state index contributed by atoms with van der Waals surface area (Å²) in [7, 11) is 3.38. The summed E-state index contributed by atoms with van der Waals surface area (Å²) in [5.74, 6) is 0.821. The summed E-state index contributed by atoms with van der Waals surface area (Å²) in [5.41, 5.74) is 0.223. The van der Waals surface area contributed by atoms with E-state index in [2.05, 4.69) is 4.98 Å². The van der Waals surface area contributed by atoms with E-state index < -0.39 is 0 Å². The molecule has 3 rings (SSSR count). The number of benzene rings is 1. The van der Waals surface area contributed by atoms with Gasteiger partial charge in [0.15, 0.2) is 11.2 Å². The van der Waals surface area contributed by atoms with E-state index in [1.54, 1.807) is 25.0 Å². The van der Waals surface area contributed by atoms with Crippen LogP contribution >= 0.6 is 0 Å². The van der Waals surface area contributed by atoms with Crippen molar-refractivity contribution in [2.75, 3.05) is 6.61 Å². The van der Waals surface area contributed by atoms with Gasteiger partial charge in [0, 0.05) is 20.6 Å². The van der Waals surface area contributed by atoms with Crippen molar-refractivity contribution in [2.24, 2.45) is 14.1 Å². The number of hydrogen-bond donors (Lipinski definition) is 0. The average molecular weight is 328 g/mol. The minimum absolute atomic E-state index is 0.294. The maximum atomic E-state index is 12.5. The second-order valence-corrected chi connectivity index (χ2v) is 5.69. The molecule has 2 heterocycles. The van der Waals surface area contributed by atoms with Crippen molar-refractivity contribution in [1.82, 2.24) is 18.7 Å². The Morgan fingerprint density at radius 2 is 1.83 bits per heavy atom. The molecule has 3 aromatic rings. The third-order valence-corrected chi connectivity index (χ3v) is 3.99. The summed E-state index contributed by atoms with van der Waals surface area (Å²) in [4.78, 5) is 29.0. The Hall–Kier alpha value is -2.83. The van der Waals surface area contributed by atoms with Crippen molar-refractivity contribution >= 4 is 11.2 Å². The predicted octanol–water partition coefficient (Wildman–Crippen LogP) is 1.29. The van der Waals surface area contributed by atoms with E-state index in [0.29, 0.717) is 30.7 Å². The van der Waals surface area contributed by atoms with Crippen LogP contribution in [0.2, 0.25) is 0 Å². The second kappa shape index (κ2) is 6.74. The smallest absolute Gasteiger partial charge is 0.332 e. The molecule has 126 valence electrons. The molecular formula is C17H20N4O3. The topological polar surface area (TPSA) is 71.1 Å². The van der Waals surface area contributed by atoms with Crippen LogP contribution < -0.4 is 16.0 Å². The van der Waals surface area contributed by atoms with Crippen molar-refractivity contribution in [3.05, 3.63) is 57.5 Å². The molecule has 0 bridgehead atoms. The normalized spacial score (nSPS) is 11.1. The first-order valence-electron chi connectivity index (χ1n) is 7.88. The molecule has 0 spiro atoms. The zero-order chi connectivity index (χ0) is 17.1. The van der Waals surface area contributed by atoms with E-state index in [1.807, 2.05) is 30.3 Å². The van der Waals surface area contributed by atoms with Gasteiger partial charge < -0.3 is 9.30 Å². The molecule has 24 heavy (non-hydrogen) atoms. The maximum absolute atomic E-state index is 12.5. The summed E-state index contributed by atoms with van der Waals surface area (Å²) >= 11 is 0. The van der Waals surface area contributed by atoms with E-state index in [1.165, 1.54) is 9.13 Å². The number of aromatic nitrogens is 4. The number of imidazole rings is 1. The molecule has 0 amide bonds. The number of unbranched alkanes of at least 4 members (excludes halogenated alkanes) is 1. The fourth-order valence-electron chi connectivity index (χ4n) is 2.67. The lowest BCUT2D eigenvalue weighted by Gasteiger charge is -2.09. The van der Waals surface area contributed by atoms with Crippen LogP contribution in [0.4, 0.5) is 0 Å². The highest BCUT2D eigenvalue weighted by Crippen LogP contribution is 2.09. The third-order valence-electron chi connectivity index (χ3n) is 3.99. The molecule has 0 aliphatic heterocycles. The number of para-hydroxylation sites is 1. The predicted molar refractivity (Wildman–Crippen MR) is 91.4 cm³/mol. The summed E-state index contributed by atoms with van der Waals surface area (Å²) < 4.78 is 9.95. The highest BCUT2D eigenvalue weighted by Gasteiger charge is 2.14. The Bertz CT molecular complexity index is 954. The van der Waals surface area contributed by atoms with E-state index >= 15 is 0 Å². The first-order chi connectivity index (χ1) is 11.6. The molecular weight excluding hydrogens is 308 g/mol. The van der Waals surface area contributed by atoms with E-state index in [0.717, 1.165) is 12.2 Å². The lowest BCUT2D eigenvalue weighted by Crippen LogP contribution is -2.39. The van der Waals surface area contributed by atoms with Crippen LogP contribution in [0.1, 0.15) is 12.8 Å². The zero-order valence-corrected chi connectivity index (χ0v) is 13.8. The van der Waals surface area contributed by atoms with Gasteiger partial charge in [0.2, 0.25) is 0 Å². The summed E-state index contributed by atoms with van der Waals surface area (Å²) in [6.07, 6.45) is 2.99. The van der Waals surface area contributed by atoms with Crippen LogP contribution in [0.3, 0.4) is 0 Å². The highest BCUT2D eigenvalue weighted by atomic mass is 16.5. The van der Waals surface area contributed by atoms with Gasteiger partial charge in [0.05, 0.1) is 12.9 Å². The highest BCUT2D eigenvalue weighted by molar-refractivity contribution is 5.69. The number of rotatable bonds is 6. The van der Waals surface area contributed by atoms with Gasteiger partial charge in [-0.25, -0.2) is 9.78 Å². The van der Waals surface area contributed by atoms with Crippen molar-refractivity contribution in [3.63, 3.8) is 0 Å². The Labute approximate surface area is 138 Å². The minimum atomic E-state index is -0.338. The molecule has 0 saturated carbocycles. The first-order valence-corrected chi connectivity index (χ1v) is 7.88.